The van der Waals surface area contributed by atoms with Crippen LogP contribution in [0.5, 0.6) is 5.75 Å². The largest absolute Gasteiger partial charge is 0.481 e. The summed E-state index contributed by atoms with van der Waals surface area (Å²) in [4.78, 5) is 26.2. The molecule has 23 heavy (non-hydrogen) atoms. The monoisotopic (exact) mass is 319 g/mol. The van der Waals surface area contributed by atoms with E-state index in [0.717, 1.165) is 0 Å². The van der Waals surface area contributed by atoms with Crippen molar-refractivity contribution >= 4 is 11.9 Å². The zero-order valence-corrected chi connectivity index (χ0v) is 13.9. The second-order valence-electron chi connectivity index (χ2n) is 5.68. The lowest BCUT2D eigenvalue weighted by Crippen LogP contribution is -2.46. The van der Waals surface area contributed by atoms with Crippen LogP contribution < -0.4 is 4.74 Å². The van der Waals surface area contributed by atoms with Gasteiger partial charge in [-0.15, -0.1) is 0 Å². The van der Waals surface area contributed by atoms with Crippen molar-refractivity contribution in [1.29, 1.82) is 0 Å². The Hall–Kier alpha value is -2.04. The fraction of sp³-hybridized carbons (Fsp3) is 0.556. The van der Waals surface area contributed by atoms with Crippen LogP contribution in [-0.4, -0.2) is 42.6 Å². The Morgan fingerprint density at radius 3 is 2.39 bits per heavy atom. The molecule has 1 aromatic carbocycles. The minimum absolute atomic E-state index is 0.00124. The lowest BCUT2D eigenvalue weighted by atomic mass is 9.96. The van der Waals surface area contributed by atoms with Crippen LogP contribution >= 0.6 is 0 Å². The van der Waals surface area contributed by atoms with Crippen molar-refractivity contribution in [3.63, 3.8) is 0 Å². The van der Waals surface area contributed by atoms with Gasteiger partial charge in [-0.25, -0.2) is 0 Å². The average Bonchev–Trinajstić information content (AvgIpc) is 2.60. The molecule has 1 saturated heterocycles. The summed E-state index contributed by atoms with van der Waals surface area (Å²) in [5, 5.41) is 0. The third kappa shape index (κ3) is 4.71. The summed E-state index contributed by atoms with van der Waals surface area (Å²) in [7, 11) is 0. The zero-order chi connectivity index (χ0) is 16.7. The molecule has 0 unspecified atom stereocenters. The molecule has 0 aromatic heterocycles. The van der Waals surface area contributed by atoms with Gasteiger partial charge in [0.1, 0.15) is 5.75 Å². The molecule has 5 heteroatoms. The lowest BCUT2D eigenvalue weighted by Gasteiger charge is -2.33. The number of rotatable bonds is 6. The van der Waals surface area contributed by atoms with Gasteiger partial charge < -0.3 is 14.4 Å². The molecule has 1 aliphatic heterocycles. The molecule has 0 bridgehead atoms. The first-order valence-corrected chi connectivity index (χ1v) is 8.32. The lowest BCUT2D eigenvalue weighted by molar-refractivity contribution is -0.152. The first kappa shape index (κ1) is 17.3. The molecule has 126 valence electrons. The van der Waals surface area contributed by atoms with Crippen LogP contribution in [-0.2, 0) is 14.3 Å². The standard InChI is InChI=1S/C18H25NO4/c1-3-16(23-15-8-6-5-7-9-15)17(20)19-12-10-14(11-13-19)18(21)22-4-2/h5-9,14,16H,3-4,10-13H2,1-2H3/t16-/m0/s1. The van der Waals surface area contributed by atoms with Crippen LogP contribution in [0, 0.1) is 5.92 Å². The van der Waals surface area contributed by atoms with Gasteiger partial charge in [0.25, 0.3) is 5.91 Å². The molecule has 0 saturated carbocycles. The van der Waals surface area contributed by atoms with Crippen LogP contribution in [0.3, 0.4) is 0 Å². The first-order chi connectivity index (χ1) is 11.2. The Bertz CT molecular complexity index is 509. The maximum Gasteiger partial charge on any atom is 0.309 e. The normalized spacial score (nSPS) is 16.7. The topological polar surface area (TPSA) is 55.8 Å². The van der Waals surface area contributed by atoms with Gasteiger partial charge in [-0.2, -0.15) is 0 Å². The van der Waals surface area contributed by atoms with Gasteiger partial charge in [-0.3, -0.25) is 9.59 Å². The number of hydrogen-bond acceptors (Lipinski definition) is 4. The number of para-hydroxylation sites is 1. The molecule has 1 amide bonds. The van der Waals surface area contributed by atoms with Gasteiger partial charge in [-0.05, 0) is 38.3 Å². The number of nitrogens with zero attached hydrogens (tertiary/aromatic N) is 1. The summed E-state index contributed by atoms with van der Waals surface area (Å²) in [6, 6.07) is 9.39. The summed E-state index contributed by atoms with van der Waals surface area (Å²) >= 11 is 0. The highest BCUT2D eigenvalue weighted by atomic mass is 16.5. The maximum absolute atomic E-state index is 12.6. The number of ether oxygens (including phenoxy) is 2. The van der Waals surface area contributed by atoms with Crippen molar-refractivity contribution < 1.29 is 19.1 Å². The summed E-state index contributed by atoms with van der Waals surface area (Å²) in [6.07, 6.45) is 1.46. The molecule has 0 spiro atoms. The van der Waals surface area contributed by atoms with Gasteiger partial charge in [0.2, 0.25) is 0 Å². The molecule has 1 atom stereocenters. The van der Waals surface area contributed by atoms with E-state index in [0.29, 0.717) is 44.7 Å². The number of carbonyl (C=O) groups excluding carboxylic acids is 2. The Morgan fingerprint density at radius 1 is 1.17 bits per heavy atom. The maximum atomic E-state index is 12.6. The van der Waals surface area contributed by atoms with Crippen LogP contribution in [0.2, 0.25) is 0 Å². The minimum atomic E-state index is -0.475. The Balaban J connectivity index is 1.88. The van der Waals surface area contributed by atoms with E-state index in [4.69, 9.17) is 9.47 Å². The molecule has 0 N–H and O–H groups in total. The highest BCUT2D eigenvalue weighted by molar-refractivity contribution is 5.81. The molecule has 1 heterocycles. The van der Waals surface area contributed by atoms with Crippen LogP contribution in [0.25, 0.3) is 0 Å². The molecule has 2 rings (SSSR count). The molecule has 0 radical (unpaired) electrons. The fourth-order valence-corrected chi connectivity index (χ4v) is 2.77. The second-order valence-corrected chi connectivity index (χ2v) is 5.68. The van der Waals surface area contributed by atoms with Gasteiger partial charge in [0.05, 0.1) is 12.5 Å². The Kier molecular flexibility index (Phi) is 6.44. The molecule has 1 aromatic rings. The molecule has 0 aliphatic carbocycles. The number of likely N-dealkylation sites (tertiary alicyclic amines) is 1. The van der Waals surface area contributed by atoms with Gasteiger partial charge in [0, 0.05) is 13.1 Å². The van der Waals surface area contributed by atoms with E-state index in [1.54, 1.807) is 4.90 Å². The van der Waals surface area contributed by atoms with Crippen LogP contribution in [0.4, 0.5) is 0 Å². The summed E-state index contributed by atoms with van der Waals surface area (Å²) in [5.41, 5.74) is 0. The van der Waals surface area contributed by atoms with E-state index in [2.05, 4.69) is 0 Å². The van der Waals surface area contributed by atoms with Crippen LogP contribution in [0.1, 0.15) is 33.1 Å². The fourth-order valence-electron chi connectivity index (χ4n) is 2.77. The second kappa shape index (κ2) is 8.56. The quantitative estimate of drug-likeness (QED) is 0.756. The van der Waals surface area contributed by atoms with Gasteiger partial charge in [-0.1, -0.05) is 25.1 Å². The first-order valence-electron chi connectivity index (χ1n) is 8.32. The minimum Gasteiger partial charge on any atom is -0.481 e. The predicted octanol–water partition coefficient (Wildman–Crippen LogP) is 2.65. The van der Waals surface area contributed by atoms with Crippen LogP contribution in [0.15, 0.2) is 30.3 Å². The van der Waals surface area contributed by atoms with E-state index in [1.807, 2.05) is 44.2 Å². The summed E-state index contributed by atoms with van der Waals surface area (Å²) in [6.45, 7) is 5.31. The Morgan fingerprint density at radius 2 is 1.83 bits per heavy atom. The van der Waals surface area contributed by atoms with E-state index in [-0.39, 0.29) is 17.8 Å². The molecular formula is C18H25NO4. The number of amides is 1. The van der Waals surface area contributed by atoms with E-state index < -0.39 is 6.10 Å². The van der Waals surface area contributed by atoms with Crippen molar-refractivity contribution in [2.75, 3.05) is 19.7 Å². The highest BCUT2D eigenvalue weighted by Gasteiger charge is 2.31. The number of esters is 1. The van der Waals surface area contributed by atoms with Gasteiger partial charge >= 0.3 is 5.97 Å². The number of benzene rings is 1. The molecule has 5 nitrogen and oxygen atoms in total. The molecule has 1 aliphatic rings. The summed E-state index contributed by atoms with van der Waals surface area (Å²) in [5.74, 6) is 0.467. The van der Waals surface area contributed by atoms with Crippen molar-refractivity contribution in [1.82, 2.24) is 4.90 Å². The number of hydrogen-bond donors (Lipinski definition) is 0. The van der Waals surface area contributed by atoms with E-state index in [1.165, 1.54) is 0 Å². The van der Waals surface area contributed by atoms with E-state index >= 15 is 0 Å². The SMILES string of the molecule is CCOC(=O)C1CCN(C(=O)[C@H](CC)Oc2ccccc2)CC1. The van der Waals surface area contributed by atoms with Crippen molar-refractivity contribution in [3.8, 4) is 5.75 Å². The molecular weight excluding hydrogens is 294 g/mol. The number of carbonyl (C=O) groups is 2. The third-order valence-electron chi connectivity index (χ3n) is 4.09. The third-order valence-corrected chi connectivity index (χ3v) is 4.09. The van der Waals surface area contributed by atoms with Gasteiger partial charge in [0.15, 0.2) is 6.10 Å². The van der Waals surface area contributed by atoms with Crippen molar-refractivity contribution in [2.45, 2.75) is 39.2 Å². The average molecular weight is 319 g/mol. The molecule has 1 fully saturated rings. The predicted molar refractivity (Wildman–Crippen MR) is 87.1 cm³/mol. The number of piperidine rings is 1. The smallest absolute Gasteiger partial charge is 0.309 e. The van der Waals surface area contributed by atoms with Crippen molar-refractivity contribution in [2.24, 2.45) is 5.92 Å². The van der Waals surface area contributed by atoms with Crippen molar-refractivity contribution in [3.05, 3.63) is 30.3 Å². The Labute approximate surface area is 137 Å². The summed E-state index contributed by atoms with van der Waals surface area (Å²) < 4.78 is 10.9. The zero-order valence-electron chi connectivity index (χ0n) is 13.9. The highest BCUT2D eigenvalue weighted by Crippen LogP contribution is 2.21. The van der Waals surface area contributed by atoms with E-state index in [9.17, 15) is 9.59 Å².